The van der Waals surface area contributed by atoms with Crippen molar-refractivity contribution < 1.29 is 4.79 Å². The molecule has 104 valence electrons. The van der Waals surface area contributed by atoms with Crippen LogP contribution in [0.4, 0.5) is 5.69 Å². The quantitative estimate of drug-likeness (QED) is 0.611. The predicted octanol–water partition coefficient (Wildman–Crippen LogP) is 0.421. The molecule has 1 saturated heterocycles. The van der Waals surface area contributed by atoms with Crippen LogP contribution < -0.4 is 11.3 Å². The van der Waals surface area contributed by atoms with Crippen molar-refractivity contribution in [2.45, 2.75) is 19.9 Å². The Labute approximate surface area is 113 Å². The maximum atomic E-state index is 11.4. The molecular formula is C13H21N5O. The van der Waals surface area contributed by atoms with E-state index in [1.165, 1.54) is 0 Å². The average Bonchev–Trinajstić information content (AvgIpc) is 2.65. The molecule has 1 aromatic rings. The Morgan fingerprint density at radius 1 is 1.42 bits per heavy atom. The molecule has 1 aliphatic rings. The van der Waals surface area contributed by atoms with Gasteiger partial charge in [-0.15, -0.1) is 0 Å². The van der Waals surface area contributed by atoms with Gasteiger partial charge in [0.25, 0.3) is 0 Å². The number of nitrogens with zero attached hydrogens (tertiary/aromatic N) is 3. The summed E-state index contributed by atoms with van der Waals surface area (Å²) in [5, 5.41) is 0. The smallest absolute Gasteiger partial charge is 0.219 e. The highest BCUT2D eigenvalue weighted by molar-refractivity contribution is 5.73. The second kappa shape index (κ2) is 6.49. The number of pyridine rings is 1. The van der Waals surface area contributed by atoms with Gasteiger partial charge in [0, 0.05) is 45.8 Å². The van der Waals surface area contributed by atoms with Crippen LogP contribution in [-0.2, 0) is 11.3 Å². The summed E-state index contributed by atoms with van der Waals surface area (Å²) in [6.45, 7) is 5.95. The number of hydrazine groups is 1. The molecule has 1 fully saturated rings. The topological polar surface area (TPSA) is 74.5 Å². The minimum Gasteiger partial charge on any atom is -0.342 e. The van der Waals surface area contributed by atoms with Crippen molar-refractivity contribution in [2.75, 3.05) is 31.6 Å². The third kappa shape index (κ3) is 3.90. The second-order valence-electron chi connectivity index (χ2n) is 4.82. The van der Waals surface area contributed by atoms with E-state index < -0.39 is 0 Å². The molecule has 0 aromatic carbocycles. The Hall–Kier alpha value is -1.66. The van der Waals surface area contributed by atoms with Crippen molar-refractivity contribution in [1.82, 2.24) is 14.8 Å². The SMILES string of the molecule is CC(=O)N1CCCN(Cc2cc(NN)ccn2)CC1. The first-order valence-corrected chi connectivity index (χ1v) is 6.58. The highest BCUT2D eigenvalue weighted by Gasteiger charge is 2.16. The average molecular weight is 263 g/mol. The van der Waals surface area contributed by atoms with Crippen LogP contribution in [0, 0.1) is 0 Å². The molecule has 1 aromatic heterocycles. The third-order valence-corrected chi connectivity index (χ3v) is 3.40. The highest BCUT2D eigenvalue weighted by Crippen LogP contribution is 2.11. The number of amides is 1. The van der Waals surface area contributed by atoms with Crippen LogP contribution in [-0.4, -0.2) is 46.9 Å². The number of hydrogen-bond donors (Lipinski definition) is 2. The number of nitrogen functional groups attached to an aromatic ring is 1. The first kappa shape index (κ1) is 13.8. The summed E-state index contributed by atoms with van der Waals surface area (Å²) in [5.41, 5.74) is 4.49. The second-order valence-corrected chi connectivity index (χ2v) is 4.82. The van der Waals surface area contributed by atoms with Crippen molar-refractivity contribution in [3.8, 4) is 0 Å². The molecule has 1 aliphatic heterocycles. The number of hydrogen-bond acceptors (Lipinski definition) is 5. The number of nitrogens with one attached hydrogen (secondary N) is 1. The summed E-state index contributed by atoms with van der Waals surface area (Å²) in [6.07, 6.45) is 2.76. The Balaban J connectivity index is 1.93. The van der Waals surface area contributed by atoms with Crippen LogP contribution in [0.2, 0.25) is 0 Å². The predicted molar refractivity (Wildman–Crippen MR) is 74.2 cm³/mol. The van der Waals surface area contributed by atoms with E-state index in [9.17, 15) is 4.79 Å². The number of aromatic nitrogens is 1. The van der Waals surface area contributed by atoms with E-state index in [4.69, 9.17) is 5.84 Å². The lowest BCUT2D eigenvalue weighted by Crippen LogP contribution is -2.33. The van der Waals surface area contributed by atoms with Crippen LogP contribution in [0.15, 0.2) is 18.3 Å². The Morgan fingerprint density at radius 3 is 3.00 bits per heavy atom. The number of carbonyl (C=O) groups is 1. The minimum absolute atomic E-state index is 0.161. The van der Waals surface area contributed by atoms with Crippen LogP contribution >= 0.6 is 0 Å². The summed E-state index contributed by atoms with van der Waals surface area (Å²) < 4.78 is 0. The van der Waals surface area contributed by atoms with Gasteiger partial charge in [-0.2, -0.15) is 0 Å². The van der Waals surface area contributed by atoms with Gasteiger partial charge in [-0.05, 0) is 18.6 Å². The zero-order chi connectivity index (χ0) is 13.7. The van der Waals surface area contributed by atoms with Crippen LogP contribution in [0.3, 0.4) is 0 Å². The standard InChI is InChI=1S/C13H21N5O/c1-11(19)18-6-2-5-17(7-8-18)10-13-9-12(16-14)3-4-15-13/h3-4,9H,2,5-8,10,14H2,1H3,(H,15,16). The minimum atomic E-state index is 0.161. The molecule has 0 spiro atoms. The van der Waals surface area contributed by atoms with E-state index in [1.807, 2.05) is 17.0 Å². The van der Waals surface area contributed by atoms with Gasteiger partial charge < -0.3 is 10.3 Å². The number of anilines is 1. The van der Waals surface area contributed by atoms with Crippen LogP contribution in [0.5, 0.6) is 0 Å². The van der Waals surface area contributed by atoms with Gasteiger partial charge in [0.15, 0.2) is 0 Å². The van der Waals surface area contributed by atoms with Crippen molar-refractivity contribution in [1.29, 1.82) is 0 Å². The van der Waals surface area contributed by atoms with E-state index in [2.05, 4.69) is 15.3 Å². The lowest BCUT2D eigenvalue weighted by molar-refractivity contribution is -0.128. The lowest BCUT2D eigenvalue weighted by atomic mass is 10.3. The molecule has 0 saturated carbocycles. The third-order valence-electron chi connectivity index (χ3n) is 3.40. The molecule has 1 amide bonds. The molecule has 6 nitrogen and oxygen atoms in total. The number of carbonyl (C=O) groups excluding carboxylic acids is 1. The normalized spacial score (nSPS) is 17.1. The number of rotatable bonds is 3. The first-order valence-electron chi connectivity index (χ1n) is 6.58. The lowest BCUT2D eigenvalue weighted by Gasteiger charge is -2.20. The molecule has 6 heteroatoms. The molecule has 19 heavy (non-hydrogen) atoms. The van der Waals surface area contributed by atoms with Gasteiger partial charge in [0.2, 0.25) is 5.91 Å². The van der Waals surface area contributed by atoms with E-state index in [-0.39, 0.29) is 5.91 Å². The largest absolute Gasteiger partial charge is 0.342 e. The molecule has 0 unspecified atom stereocenters. The zero-order valence-electron chi connectivity index (χ0n) is 11.3. The first-order chi connectivity index (χ1) is 9.19. The Kier molecular flexibility index (Phi) is 4.70. The Bertz CT molecular complexity index is 437. The Morgan fingerprint density at radius 2 is 2.26 bits per heavy atom. The fourth-order valence-electron chi connectivity index (χ4n) is 2.33. The van der Waals surface area contributed by atoms with E-state index >= 15 is 0 Å². The van der Waals surface area contributed by atoms with Crippen LogP contribution in [0.25, 0.3) is 0 Å². The van der Waals surface area contributed by atoms with E-state index in [0.717, 1.165) is 50.5 Å². The van der Waals surface area contributed by atoms with Crippen molar-refractivity contribution in [3.63, 3.8) is 0 Å². The van der Waals surface area contributed by atoms with Gasteiger partial charge in [-0.1, -0.05) is 0 Å². The fraction of sp³-hybridized carbons (Fsp3) is 0.538. The van der Waals surface area contributed by atoms with Gasteiger partial charge in [-0.3, -0.25) is 20.5 Å². The van der Waals surface area contributed by atoms with Gasteiger partial charge in [-0.25, -0.2) is 0 Å². The summed E-state index contributed by atoms with van der Waals surface area (Å²) in [6, 6.07) is 3.79. The van der Waals surface area contributed by atoms with Crippen LogP contribution in [0.1, 0.15) is 19.0 Å². The molecule has 2 rings (SSSR count). The maximum absolute atomic E-state index is 11.4. The summed E-state index contributed by atoms with van der Waals surface area (Å²) in [7, 11) is 0. The fourth-order valence-corrected chi connectivity index (χ4v) is 2.33. The molecular weight excluding hydrogens is 242 g/mol. The van der Waals surface area contributed by atoms with Crippen molar-refractivity contribution >= 4 is 11.6 Å². The number of nitrogens with two attached hydrogens (primary N) is 1. The summed E-state index contributed by atoms with van der Waals surface area (Å²) >= 11 is 0. The summed E-state index contributed by atoms with van der Waals surface area (Å²) in [4.78, 5) is 20.0. The van der Waals surface area contributed by atoms with E-state index in [1.54, 1.807) is 13.1 Å². The van der Waals surface area contributed by atoms with Gasteiger partial charge in [0.1, 0.15) is 0 Å². The maximum Gasteiger partial charge on any atom is 0.219 e. The van der Waals surface area contributed by atoms with Crippen molar-refractivity contribution in [2.24, 2.45) is 5.84 Å². The molecule has 2 heterocycles. The van der Waals surface area contributed by atoms with Gasteiger partial charge >= 0.3 is 0 Å². The molecule has 0 aliphatic carbocycles. The monoisotopic (exact) mass is 263 g/mol. The molecule has 3 N–H and O–H groups in total. The summed E-state index contributed by atoms with van der Waals surface area (Å²) in [5.74, 6) is 5.55. The van der Waals surface area contributed by atoms with Gasteiger partial charge in [0.05, 0.1) is 11.4 Å². The van der Waals surface area contributed by atoms with E-state index in [0.29, 0.717) is 0 Å². The molecule has 0 bridgehead atoms. The molecule has 0 atom stereocenters. The van der Waals surface area contributed by atoms with Crippen molar-refractivity contribution in [3.05, 3.63) is 24.0 Å². The molecule has 0 radical (unpaired) electrons. The highest BCUT2D eigenvalue weighted by atomic mass is 16.2. The zero-order valence-corrected chi connectivity index (χ0v) is 11.3.